The van der Waals surface area contributed by atoms with Gasteiger partial charge in [0.1, 0.15) is 5.56 Å². The number of methoxy groups -OCH3 is 1. The lowest BCUT2D eigenvalue weighted by molar-refractivity contribution is 0.102. The molecule has 1 N–H and O–H groups in total. The highest BCUT2D eigenvalue weighted by Crippen LogP contribution is 2.29. The SMILES string of the molecule is COc1ncccc1C(=O)Nc1nc2c(s1)CN(S(C)(=O)=O)CC2. The number of hydrogen-bond acceptors (Lipinski definition) is 7. The van der Waals surface area contributed by atoms with Crippen molar-refractivity contribution < 1.29 is 17.9 Å². The maximum atomic E-state index is 12.4. The minimum Gasteiger partial charge on any atom is -0.480 e. The molecule has 2 aromatic rings. The smallest absolute Gasteiger partial charge is 0.262 e. The van der Waals surface area contributed by atoms with E-state index in [0.29, 0.717) is 23.7 Å². The van der Waals surface area contributed by atoms with Gasteiger partial charge in [-0.3, -0.25) is 10.1 Å². The number of rotatable bonds is 4. The van der Waals surface area contributed by atoms with E-state index in [-0.39, 0.29) is 18.3 Å². The van der Waals surface area contributed by atoms with Crippen LogP contribution in [0.2, 0.25) is 0 Å². The van der Waals surface area contributed by atoms with Crippen LogP contribution in [-0.2, 0) is 23.0 Å². The third-order valence-corrected chi connectivity index (χ3v) is 5.84. The molecule has 0 saturated carbocycles. The van der Waals surface area contributed by atoms with Gasteiger partial charge in [0.05, 0.1) is 19.1 Å². The van der Waals surface area contributed by atoms with Crippen LogP contribution in [-0.4, -0.2) is 48.5 Å². The van der Waals surface area contributed by atoms with Crippen molar-refractivity contribution in [1.29, 1.82) is 0 Å². The zero-order chi connectivity index (χ0) is 17.3. The summed E-state index contributed by atoms with van der Waals surface area (Å²) in [5.41, 5.74) is 1.14. The number of aromatic nitrogens is 2. The molecule has 24 heavy (non-hydrogen) atoms. The molecule has 1 amide bonds. The summed E-state index contributed by atoms with van der Waals surface area (Å²) in [4.78, 5) is 21.6. The molecular weight excluding hydrogens is 352 g/mol. The van der Waals surface area contributed by atoms with Gasteiger partial charge in [0.15, 0.2) is 5.13 Å². The summed E-state index contributed by atoms with van der Waals surface area (Å²) in [5, 5.41) is 3.16. The molecular formula is C14H16N4O4S2. The standard InChI is InChI=1S/C14H16N4O4S2/c1-22-13-9(4-3-6-15-13)12(19)17-14-16-10-5-7-18(24(2,20)21)8-11(10)23-14/h3-4,6H,5,7-8H2,1-2H3,(H,16,17,19). The maximum Gasteiger partial charge on any atom is 0.262 e. The summed E-state index contributed by atoms with van der Waals surface area (Å²) in [7, 11) is -1.79. The second-order valence-electron chi connectivity index (χ2n) is 5.25. The Morgan fingerprint density at radius 3 is 2.96 bits per heavy atom. The third kappa shape index (κ3) is 3.40. The molecule has 0 aliphatic carbocycles. The second kappa shape index (κ2) is 6.46. The van der Waals surface area contributed by atoms with E-state index in [4.69, 9.17) is 4.74 Å². The van der Waals surface area contributed by atoms with Gasteiger partial charge < -0.3 is 4.74 Å². The maximum absolute atomic E-state index is 12.4. The number of fused-ring (bicyclic) bond motifs is 1. The monoisotopic (exact) mass is 368 g/mol. The van der Waals surface area contributed by atoms with Crippen LogP contribution in [0.15, 0.2) is 18.3 Å². The van der Waals surface area contributed by atoms with Crippen LogP contribution in [0.25, 0.3) is 0 Å². The Morgan fingerprint density at radius 2 is 2.25 bits per heavy atom. The summed E-state index contributed by atoms with van der Waals surface area (Å²) in [6.45, 7) is 0.692. The van der Waals surface area contributed by atoms with Crippen molar-refractivity contribution in [3.05, 3.63) is 34.5 Å². The van der Waals surface area contributed by atoms with Crippen molar-refractivity contribution in [3.8, 4) is 5.88 Å². The van der Waals surface area contributed by atoms with Crippen molar-refractivity contribution in [2.45, 2.75) is 13.0 Å². The summed E-state index contributed by atoms with van der Waals surface area (Å²) in [6.07, 6.45) is 3.26. The molecule has 0 spiro atoms. The zero-order valence-electron chi connectivity index (χ0n) is 13.1. The number of sulfonamides is 1. The molecule has 0 unspecified atom stereocenters. The molecule has 0 bridgehead atoms. The number of ether oxygens (including phenoxy) is 1. The van der Waals surface area contributed by atoms with Crippen molar-refractivity contribution in [1.82, 2.24) is 14.3 Å². The van der Waals surface area contributed by atoms with Crippen LogP contribution in [0.1, 0.15) is 20.9 Å². The predicted molar refractivity (Wildman–Crippen MR) is 89.8 cm³/mol. The van der Waals surface area contributed by atoms with E-state index in [1.165, 1.54) is 35.2 Å². The van der Waals surface area contributed by atoms with Crippen molar-refractivity contribution in [2.24, 2.45) is 0 Å². The molecule has 2 aromatic heterocycles. The van der Waals surface area contributed by atoms with Gasteiger partial charge in [-0.05, 0) is 12.1 Å². The van der Waals surface area contributed by atoms with E-state index in [9.17, 15) is 13.2 Å². The minimum atomic E-state index is -3.23. The van der Waals surface area contributed by atoms with Crippen molar-refractivity contribution in [2.75, 3.05) is 25.2 Å². The number of pyridine rings is 1. The first kappa shape index (κ1) is 16.8. The summed E-state index contributed by atoms with van der Waals surface area (Å²) in [5.74, 6) is -0.134. The quantitative estimate of drug-likeness (QED) is 0.868. The highest BCUT2D eigenvalue weighted by atomic mass is 32.2. The molecule has 3 rings (SSSR count). The first-order chi connectivity index (χ1) is 11.4. The van der Waals surface area contributed by atoms with E-state index in [0.717, 1.165) is 10.6 Å². The molecule has 0 fully saturated rings. The fourth-order valence-electron chi connectivity index (χ4n) is 2.40. The van der Waals surface area contributed by atoms with E-state index in [1.54, 1.807) is 12.1 Å². The molecule has 0 aromatic carbocycles. The fourth-order valence-corrected chi connectivity index (χ4v) is 4.29. The van der Waals surface area contributed by atoms with Crippen LogP contribution in [0.5, 0.6) is 5.88 Å². The van der Waals surface area contributed by atoms with Crippen LogP contribution in [0.4, 0.5) is 5.13 Å². The van der Waals surface area contributed by atoms with E-state index < -0.39 is 10.0 Å². The lowest BCUT2D eigenvalue weighted by Gasteiger charge is -2.23. The van der Waals surface area contributed by atoms with Gasteiger partial charge >= 0.3 is 0 Å². The van der Waals surface area contributed by atoms with Crippen LogP contribution in [0, 0.1) is 0 Å². The Labute approximate surface area is 143 Å². The number of hydrogen-bond donors (Lipinski definition) is 1. The van der Waals surface area contributed by atoms with Crippen LogP contribution < -0.4 is 10.1 Å². The molecule has 8 nitrogen and oxygen atoms in total. The van der Waals surface area contributed by atoms with Gasteiger partial charge in [-0.1, -0.05) is 0 Å². The molecule has 0 radical (unpaired) electrons. The second-order valence-corrected chi connectivity index (χ2v) is 8.32. The molecule has 0 atom stereocenters. The van der Waals surface area contributed by atoms with Crippen LogP contribution >= 0.6 is 11.3 Å². The average molecular weight is 368 g/mol. The molecule has 128 valence electrons. The summed E-state index contributed by atoms with van der Waals surface area (Å²) < 4.78 is 29.8. The van der Waals surface area contributed by atoms with E-state index >= 15 is 0 Å². The Hall–Kier alpha value is -2.04. The zero-order valence-corrected chi connectivity index (χ0v) is 14.8. The lowest BCUT2D eigenvalue weighted by Crippen LogP contribution is -2.34. The van der Waals surface area contributed by atoms with Gasteiger partial charge in [0, 0.05) is 30.6 Å². The van der Waals surface area contributed by atoms with Crippen LogP contribution in [0.3, 0.4) is 0 Å². The highest BCUT2D eigenvalue weighted by molar-refractivity contribution is 7.88. The summed E-state index contributed by atoms with van der Waals surface area (Å²) >= 11 is 1.28. The Morgan fingerprint density at radius 1 is 1.46 bits per heavy atom. The third-order valence-electron chi connectivity index (χ3n) is 3.59. The van der Waals surface area contributed by atoms with Crippen molar-refractivity contribution >= 4 is 32.4 Å². The first-order valence-electron chi connectivity index (χ1n) is 7.12. The molecule has 1 aliphatic heterocycles. The molecule has 1 aliphatic rings. The van der Waals surface area contributed by atoms with E-state index in [2.05, 4.69) is 15.3 Å². The number of anilines is 1. The average Bonchev–Trinajstić information content (AvgIpc) is 2.95. The lowest BCUT2D eigenvalue weighted by atomic mass is 10.2. The van der Waals surface area contributed by atoms with Gasteiger partial charge in [-0.25, -0.2) is 18.4 Å². The van der Waals surface area contributed by atoms with Gasteiger partial charge in [-0.15, -0.1) is 11.3 Å². The number of nitrogens with zero attached hydrogens (tertiary/aromatic N) is 3. The molecule has 3 heterocycles. The normalized spacial score (nSPS) is 14.9. The number of carbonyl (C=O) groups is 1. The fraction of sp³-hybridized carbons (Fsp3) is 0.357. The highest BCUT2D eigenvalue weighted by Gasteiger charge is 2.26. The van der Waals surface area contributed by atoms with E-state index in [1.807, 2.05) is 0 Å². The molecule has 0 saturated heterocycles. The number of nitrogens with one attached hydrogen (secondary N) is 1. The molecule has 10 heteroatoms. The predicted octanol–water partition coefficient (Wildman–Crippen LogP) is 1.12. The Bertz CT molecular complexity index is 879. The minimum absolute atomic E-state index is 0.236. The number of carbonyl (C=O) groups excluding carboxylic acids is 1. The number of thiazole rings is 1. The van der Waals surface area contributed by atoms with Gasteiger partial charge in [-0.2, -0.15) is 4.31 Å². The largest absolute Gasteiger partial charge is 0.480 e. The Kier molecular flexibility index (Phi) is 4.52. The summed E-state index contributed by atoms with van der Waals surface area (Å²) in [6, 6.07) is 3.26. The van der Waals surface area contributed by atoms with Gasteiger partial charge in [0.2, 0.25) is 15.9 Å². The first-order valence-corrected chi connectivity index (χ1v) is 9.79. The number of amides is 1. The van der Waals surface area contributed by atoms with Gasteiger partial charge in [0.25, 0.3) is 5.91 Å². The Balaban J connectivity index is 1.78. The van der Waals surface area contributed by atoms with Crippen molar-refractivity contribution in [3.63, 3.8) is 0 Å². The topological polar surface area (TPSA) is 101 Å².